The third-order valence-electron chi connectivity index (χ3n) is 3.08. The predicted molar refractivity (Wildman–Crippen MR) is 61.9 cm³/mol. The molecule has 0 aromatic heterocycles. The summed E-state index contributed by atoms with van der Waals surface area (Å²) >= 11 is 0. The number of halogens is 1. The van der Waals surface area contributed by atoms with E-state index in [1.54, 1.807) is 12.1 Å². The normalized spacial score (nSPS) is 14.9. The third kappa shape index (κ3) is 2.73. The number of methoxy groups -OCH3 is 1. The molecule has 0 aliphatic heterocycles. The number of hydrogen-bond donors (Lipinski definition) is 1. The number of hydrogen-bond acceptors (Lipinski definition) is 2. The second-order valence-electron chi connectivity index (χ2n) is 4.44. The molecule has 0 saturated heterocycles. The van der Waals surface area contributed by atoms with Gasteiger partial charge in [-0.15, -0.1) is 0 Å². The zero-order valence-electron chi connectivity index (χ0n) is 10.2. The van der Waals surface area contributed by atoms with Gasteiger partial charge in [-0.25, -0.2) is 4.39 Å². The molecule has 0 aliphatic carbocycles. The minimum absolute atomic E-state index is 0.0166. The van der Waals surface area contributed by atoms with Crippen LogP contribution < -0.4 is 4.74 Å². The highest BCUT2D eigenvalue weighted by Crippen LogP contribution is 2.30. The summed E-state index contributed by atoms with van der Waals surface area (Å²) in [6, 6.07) is 4.54. The van der Waals surface area contributed by atoms with Crippen LogP contribution in [0.25, 0.3) is 0 Å². The Bertz CT molecular complexity index is 350. The van der Waals surface area contributed by atoms with Gasteiger partial charge in [0.2, 0.25) is 0 Å². The van der Waals surface area contributed by atoms with Crippen molar-refractivity contribution in [2.45, 2.75) is 26.9 Å². The van der Waals surface area contributed by atoms with Crippen LogP contribution in [-0.2, 0) is 0 Å². The van der Waals surface area contributed by atoms with E-state index in [1.807, 2.05) is 20.8 Å². The molecule has 16 heavy (non-hydrogen) atoms. The number of ether oxygens (including phenoxy) is 1. The lowest BCUT2D eigenvalue weighted by atomic mass is 9.88. The average Bonchev–Trinajstić information content (AvgIpc) is 2.26. The molecule has 1 aromatic rings. The van der Waals surface area contributed by atoms with Gasteiger partial charge in [-0.1, -0.05) is 20.8 Å². The molecule has 0 radical (unpaired) electrons. The first-order valence-corrected chi connectivity index (χ1v) is 5.48. The zero-order chi connectivity index (χ0) is 12.3. The van der Waals surface area contributed by atoms with Gasteiger partial charge in [0.05, 0.1) is 13.2 Å². The highest BCUT2D eigenvalue weighted by atomic mass is 19.1. The summed E-state index contributed by atoms with van der Waals surface area (Å²) < 4.78 is 18.6. The van der Waals surface area contributed by atoms with E-state index in [2.05, 4.69) is 0 Å². The van der Waals surface area contributed by atoms with Gasteiger partial charge in [-0.05, 0) is 24.0 Å². The highest BCUT2D eigenvalue weighted by Gasteiger charge is 2.22. The van der Waals surface area contributed by atoms with Gasteiger partial charge in [0, 0.05) is 11.6 Å². The fourth-order valence-electron chi connectivity index (χ4n) is 1.52. The predicted octanol–water partition coefficient (Wildman–Crippen LogP) is 3.16. The molecule has 0 saturated carbocycles. The third-order valence-corrected chi connectivity index (χ3v) is 3.08. The van der Waals surface area contributed by atoms with Crippen LogP contribution in [0.4, 0.5) is 4.39 Å². The van der Waals surface area contributed by atoms with E-state index in [0.717, 1.165) is 0 Å². The van der Waals surface area contributed by atoms with Gasteiger partial charge in [0.25, 0.3) is 0 Å². The maximum atomic E-state index is 13.7. The fraction of sp³-hybridized carbons (Fsp3) is 0.538. The summed E-state index contributed by atoms with van der Waals surface area (Å²) in [4.78, 5) is 0. The molecule has 0 bridgehead atoms. The SMILES string of the molecule is COc1ccc(C(O)C(C)C(C)C)c(F)c1. The Labute approximate surface area is 96.1 Å². The van der Waals surface area contributed by atoms with E-state index in [1.165, 1.54) is 13.2 Å². The van der Waals surface area contributed by atoms with Gasteiger partial charge in [0.1, 0.15) is 11.6 Å². The number of aliphatic hydroxyl groups excluding tert-OH is 1. The van der Waals surface area contributed by atoms with Crippen LogP contribution in [0.5, 0.6) is 5.75 Å². The van der Waals surface area contributed by atoms with Crippen LogP contribution in [0.2, 0.25) is 0 Å². The smallest absolute Gasteiger partial charge is 0.132 e. The molecular weight excluding hydrogens is 207 g/mol. The maximum Gasteiger partial charge on any atom is 0.132 e. The van der Waals surface area contributed by atoms with Gasteiger partial charge in [-0.3, -0.25) is 0 Å². The number of aliphatic hydroxyl groups is 1. The molecule has 90 valence electrons. The number of rotatable bonds is 4. The first kappa shape index (κ1) is 13.0. The van der Waals surface area contributed by atoms with Crippen molar-refractivity contribution in [1.29, 1.82) is 0 Å². The molecule has 0 aliphatic rings. The first-order valence-electron chi connectivity index (χ1n) is 5.48. The Balaban J connectivity index is 2.96. The van der Waals surface area contributed by atoms with E-state index >= 15 is 0 Å². The van der Waals surface area contributed by atoms with Crippen LogP contribution >= 0.6 is 0 Å². The fourth-order valence-corrected chi connectivity index (χ4v) is 1.52. The molecule has 1 aromatic carbocycles. The lowest BCUT2D eigenvalue weighted by Gasteiger charge is -2.23. The summed E-state index contributed by atoms with van der Waals surface area (Å²) in [5, 5.41) is 10.0. The Kier molecular flexibility index (Phi) is 4.30. The van der Waals surface area contributed by atoms with Crippen molar-refractivity contribution in [2.75, 3.05) is 7.11 Å². The lowest BCUT2D eigenvalue weighted by Crippen LogP contribution is -2.16. The maximum absolute atomic E-state index is 13.7. The van der Waals surface area contributed by atoms with Crippen LogP contribution in [0.3, 0.4) is 0 Å². The van der Waals surface area contributed by atoms with Crippen molar-refractivity contribution in [3.05, 3.63) is 29.6 Å². The van der Waals surface area contributed by atoms with Crippen molar-refractivity contribution in [2.24, 2.45) is 11.8 Å². The second kappa shape index (κ2) is 5.30. The zero-order valence-corrected chi connectivity index (χ0v) is 10.2. The topological polar surface area (TPSA) is 29.5 Å². The largest absolute Gasteiger partial charge is 0.497 e. The van der Waals surface area contributed by atoms with Gasteiger partial charge in [0.15, 0.2) is 0 Å². The van der Waals surface area contributed by atoms with Crippen molar-refractivity contribution in [3.8, 4) is 5.75 Å². The Hall–Kier alpha value is -1.09. The van der Waals surface area contributed by atoms with E-state index in [0.29, 0.717) is 17.2 Å². The van der Waals surface area contributed by atoms with Crippen LogP contribution in [0, 0.1) is 17.7 Å². The van der Waals surface area contributed by atoms with Crippen molar-refractivity contribution in [3.63, 3.8) is 0 Å². The molecule has 0 fully saturated rings. The van der Waals surface area contributed by atoms with E-state index < -0.39 is 11.9 Å². The van der Waals surface area contributed by atoms with Crippen molar-refractivity contribution in [1.82, 2.24) is 0 Å². The molecule has 0 heterocycles. The monoisotopic (exact) mass is 226 g/mol. The minimum Gasteiger partial charge on any atom is -0.497 e. The average molecular weight is 226 g/mol. The standard InChI is InChI=1S/C13H19FO2/c1-8(2)9(3)13(15)11-6-5-10(16-4)7-12(11)14/h5-9,13,15H,1-4H3. The van der Waals surface area contributed by atoms with Crippen LogP contribution in [0.15, 0.2) is 18.2 Å². The Morgan fingerprint density at radius 1 is 1.25 bits per heavy atom. The summed E-state index contributed by atoms with van der Waals surface area (Å²) in [6.07, 6.45) is -0.772. The second-order valence-corrected chi connectivity index (χ2v) is 4.44. The lowest BCUT2D eigenvalue weighted by molar-refractivity contribution is 0.0886. The quantitative estimate of drug-likeness (QED) is 0.854. The molecule has 1 N–H and O–H groups in total. The first-order chi connectivity index (χ1) is 7.47. The van der Waals surface area contributed by atoms with Crippen LogP contribution in [-0.4, -0.2) is 12.2 Å². The summed E-state index contributed by atoms with van der Waals surface area (Å²) in [5.74, 6) is 0.365. The van der Waals surface area contributed by atoms with Crippen molar-refractivity contribution < 1.29 is 14.2 Å². The van der Waals surface area contributed by atoms with Crippen molar-refractivity contribution >= 4 is 0 Å². The molecule has 0 spiro atoms. The highest BCUT2D eigenvalue weighted by molar-refractivity contribution is 5.30. The molecule has 2 atom stereocenters. The van der Waals surface area contributed by atoms with Gasteiger partial charge >= 0.3 is 0 Å². The van der Waals surface area contributed by atoms with Crippen LogP contribution in [0.1, 0.15) is 32.4 Å². The Morgan fingerprint density at radius 3 is 2.31 bits per heavy atom. The summed E-state index contributed by atoms with van der Waals surface area (Å²) in [7, 11) is 1.49. The molecule has 2 nitrogen and oxygen atoms in total. The summed E-state index contributed by atoms with van der Waals surface area (Å²) in [5.41, 5.74) is 0.335. The number of benzene rings is 1. The molecule has 3 heteroatoms. The molecule has 0 amide bonds. The van der Waals surface area contributed by atoms with Gasteiger partial charge in [-0.2, -0.15) is 0 Å². The Morgan fingerprint density at radius 2 is 1.88 bits per heavy atom. The van der Waals surface area contributed by atoms with E-state index in [-0.39, 0.29) is 5.92 Å². The van der Waals surface area contributed by atoms with E-state index in [4.69, 9.17) is 4.74 Å². The molecular formula is C13H19FO2. The molecule has 2 unspecified atom stereocenters. The van der Waals surface area contributed by atoms with E-state index in [9.17, 15) is 9.50 Å². The molecule has 1 rings (SSSR count). The summed E-state index contributed by atoms with van der Waals surface area (Å²) in [6.45, 7) is 5.93. The van der Waals surface area contributed by atoms with Gasteiger partial charge < -0.3 is 9.84 Å². The minimum atomic E-state index is -0.772.